The summed E-state index contributed by atoms with van der Waals surface area (Å²) in [4.78, 5) is 27.6. The van der Waals surface area contributed by atoms with Crippen LogP contribution in [0.5, 0.6) is 5.75 Å². The van der Waals surface area contributed by atoms with E-state index in [9.17, 15) is 14.0 Å². The maximum Gasteiger partial charge on any atom is 0.409 e. The Morgan fingerprint density at radius 3 is 2.46 bits per heavy atom. The first-order valence-electron chi connectivity index (χ1n) is 8.20. The van der Waals surface area contributed by atoms with Crippen LogP contribution in [-0.2, 0) is 4.74 Å². The minimum absolute atomic E-state index is 0.137. The summed E-state index contributed by atoms with van der Waals surface area (Å²) in [5.74, 6) is -0.660. The summed E-state index contributed by atoms with van der Waals surface area (Å²) in [5.41, 5.74) is 0.278. The molecule has 6 nitrogen and oxygen atoms in total. The first-order valence-corrected chi connectivity index (χ1v) is 8.20. The van der Waals surface area contributed by atoms with Gasteiger partial charge in [-0.25, -0.2) is 9.18 Å². The van der Waals surface area contributed by atoms with E-state index in [0.29, 0.717) is 45.8 Å². The van der Waals surface area contributed by atoms with Crippen LogP contribution >= 0.6 is 0 Å². The quantitative estimate of drug-likeness (QED) is 0.846. The van der Waals surface area contributed by atoms with Crippen molar-refractivity contribution in [2.45, 2.75) is 20.3 Å². The molecule has 0 saturated carbocycles. The molecule has 2 rings (SSSR count). The first kappa shape index (κ1) is 18.0. The SMILES string of the molecule is CCOC(=O)N1CCCN(C(=O)c2ccc(OCC)c(F)c2)CC1. The van der Waals surface area contributed by atoms with Crippen LogP contribution in [0.3, 0.4) is 0 Å². The molecule has 0 aromatic heterocycles. The van der Waals surface area contributed by atoms with Gasteiger partial charge in [0.1, 0.15) is 0 Å². The van der Waals surface area contributed by atoms with Crippen molar-refractivity contribution in [1.82, 2.24) is 9.80 Å². The predicted octanol–water partition coefficient (Wildman–Crippen LogP) is 2.53. The smallest absolute Gasteiger partial charge is 0.409 e. The van der Waals surface area contributed by atoms with Crippen LogP contribution in [0.15, 0.2) is 18.2 Å². The molecule has 1 saturated heterocycles. The van der Waals surface area contributed by atoms with Crippen molar-refractivity contribution in [2.24, 2.45) is 0 Å². The molecule has 0 spiro atoms. The lowest BCUT2D eigenvalue weighted by atomic mass is 10.1. The molecular formula is C17H23FN2O4. The van der Waals surface area contributed by atoms with Crippen LogP contribution in [0, 0.1) is 5.82 Å². The number of hydrogen-bond donors (Lipinski definition) is 0. The lowest BCUT2D eigenvalue weighted by Crippen LogP contribution is -2.37. The number of amides is 2. The van der Waals surface area contributed by atoms with Crippen LogP contribution in [0.25, 0.3) is 0 Å². The third-order valence-corrected chi connectivity index (χ3v) is 3.79. The van der Waals surface area contributed by atoms with Gasteiger partial charge in [0, 0.05) is 31.7 Å². The van der Waals surface area contributed by atoms with Crippen LogP contribution in [-0.4, -0.2) is 61.2 Å². The molecule has 1 fully saturated rings. The highest BCUT2D eigenvalue weighted by Gasteiger charge is 2.24. The summed E-state index contributed by atoms with van der Waals surface area (Å²) < 4.78 is 24.1. The molecule has 2 amide bonds. The van der Waals surface area contributed by atoms with Gasteiger partial charge in [0.05, 0.1) is 13.2 Å². The highest BCUT2D eigenvalue weighted by Crippen LogP contribution is 2.20. The molecule has 0 bridgehead atoms. The second-order valence-electron chi connectivity index (χ2n) is 5.41. The highest BCUT2D eigenvalue weighted by atomic mass is 19.1. The van der Waals surface area contributed by atoms with E-state index >= 15 is 0 Å². The average Bonchev–Trinajstić information content (AvgIpc) is 2.82. The Morgan fingerprint density at radius 2 is 1.79 bits per heavy atom. The molecule has 0 radical (unpaired) electrons. The van der Waals surface area contributed by atoms with E-state index in [0.717, 1.165) is 0 Å². The Bertz CT molecular complexity index is 594. The second kappa shape index (κ2) is 8.52. The Labute approximate surface area is 141 Å². The maximum atomic E-state index is 13.9. The molecule has 0 N–H and O–H groups in total. The summed E-state index contributed by atoms with van der Waals surface area (Å²) in [6.07, 6.45) is 0.295. The van der Waals surface area contributed by atoms with Crippen LogP contribution in [0.1, 0.15) is 30.6 Å². The fourth-order valence-electron chi connectivity index (χ4n) is 2.61. The number of carbonyl (C=O) groups is 2. The molecular weight excluding hydrogens is 315 g/mol. The summed E-state index contributed by atoms with van der Waals surface area (Å²) in [6.45, 7) is 6.07. The predicted molar refractivity (Wildman–Crippen MR) is 86.7 cm³/mol. The monoisotopic (exact) mass is 338 g/mol. The number of ether oxygens (including phenoxy) is 2. The Hall–Kier alpha value is -2.31. The second-order valence-corrected chi connectivity index (χ2v) is 5.41. The standard InChI is InChI=1S/C17H23FN2O4/c1-3-23-15-7-6-13(12-14(15)18)16(21)19-8-5-9-20(11-10-19)17(22)24-4-2/h6-7,12H,3-5,8-11H2,1-2H3. The lowest BCUT2D eigenvalue weighted by molar-refractivity contribution is 0.0753. The van der Waals surface area contributed by atoms with Crippen molar-refractivity contribution in [1.29, 1.82) is 0 Å². The van der Waals surface area contributed by atoms with E-state index in [1.165, 1.54) is 12.1 Å². The summed E-state index contributed by atoms with van der Waals surface area (Å²) >= 11 is 0. The molecule has 0 aliphatic carbocycles. The molecule has 24 heavy (non-hydrogen) atoms. The summed E-state index contributed by atoms with van der Waals surface area (Å²) in [7, 11) is 0. The zero-order chi connectivity index (χ0) is 17.5. The molecule has 1 aliphatic rings. The van der Waals surface area contributed by atoms with Gasteiger partial charge in [-0.1, -0.05) is 0 Å². The minimum Gasteiger partial charge on any atom is -0.491 e. The molecule has 1 aromatic carbocycles. The van der Waals surface area contributed by atoms with Gasteiger partial charge >= 0.3 is 6.09 Å². The number of benzene rings is 1. The van der Waals surface area contributed by atoms with Gasteiger partial charge in [-0.05, 0) is 38.5 Å². The molecule has 1 aliphatic heterocycles. The number of rotatable bonds is 4. The zero-order valence-corrected chi connectivity index (χ0v) is 14.1. The third kappa shape index (κ3) is 4.37. The summed E-state index contributed by atoms with van der Waals surface area (Å²) in [5, 5.41) is 0. The number of carbonyl (C=O) groups excluding carboxylic acids is 2. The van der Waals surface area contributed by atoms with Crippen molar-refractivity contribution < 1.29 is 23.5 Å². The number of hydrogen-bond acceptors (Lipinski definition) is 4. The average molecular weight is 338 g/mol. The van der Waals surface area contributed by atoms with E-state index in [4.69, 9.17) is 9.47 Å². The van der Waals surface area contributed by atoms with E-state index in [-0.39, 0.29) is 23.3 Å². The van der Waals surface area contributed by atoms with E-state index in [1.54, 1.807) is 29.7 Å². The van der Waals surface area contributed by atoms with Crippen molar-refractivity contribution in [3.63, 3.8) is 0 Å². The van der Waals surface area contributed by atoms with E-state index in [1.807, 2.05) is 0 Å². The largest absolute Gasteiger partial charge is 0.491 e. The van der Waals surface area contributed by atoms with Gasteiger partial charge in [-0.15, -0.1) is 0 Å². The van der Waals surface area contributed by atoms with Gasteiger partial charge in [-0.3, -0.25) is 4.79 Å². The van der Waals surface area contributed by atoms with Gasteiger partial charge in [0.2, 0.25) is 0 Å². The van der Waals surface area contributed by atoms with Crippen LogP contribution in [0.4, 0.5) is 9.18 Å². The summed E-state index contributed by atoms with van der Waals surface area (Å²) in [6, 6.07) is 4.22. The van der Waals surface area contributed by atoms with E-state index < -0.39 is 5.82 Å². The minimum atomic E-state index is -0.550. The van der Waals surface area contributed by atoms with Crippen molar-refractivity contribution in [2.75, 3.05) is 39.4 Å². The van der Waals surface area contributed by atoms with Crippen molar-refractivity contribution in [3.05, 3.63) is 29.6 Å². The molecule has 7 heteroatoms. The Morgan fingerprint density at radius 1 is 1.08 bits per heavy atom. The van der Waals surface area contributed by atoms with Crippen molar-refractivity contribution >= 4 is 12.0 Å². The molecule has 1 aromatic rings. The normalized spacial score (nSPS) is 15.0. The zero-order valence-electron chi connectivity index (χ0n) is 14.1. The lowest BCUT2D eigenvalue weighted by Gasteiger charge is -2.22. The van der Waals surface area contributed by atoms with Gasteiger partial charge in [0.25, 0.3) is 5.91 Å². The molecule has 1 heterocycles. The molecule has 0 atom stereocenters. The Kier molecular flexibility index (Phi) is 6.40. The highest BCUT2D eigenvalue weighted by molar-refractivity contribution is 5.94. The van der Waals surface area contributed by atoms with Crippen LogP contribution in [0.2, 0.25) is 0 Å². The first-order chi connectivity index (χ1) is 11.6. The topological polar surface area (TPSA) is 59.1 Å². The van der Waals surface area contributed by atoms with Gasteiger partial charge in [0.15, 0.2) is 11.6 Å². The molecule has 132 valence electrons. The fraction of sp³-hybridized carbons (Fsp3) is 0.529. The van der Waals surface area contributed by atoms with Crippen molar-refractivity contribution in [3.8, 4) is 5.75 Å². The van der Waals surface area contributed by atoms with Gasteiger partial charge < -0.3 is 19.3 Å². The van der Waals surface area contributed by atoms with Gasteiger partial charge in [-0.2, -0.15) is 0 Å². The Balaban J connectivity index is 2.02. The van der Waals surface area contributed by atoms with E-state index in [2.05, 4.69) is 0 Å². The number of halogens is 1. The molecule has 0 unspecified atom stereocenters. The number of nitrogens with zero attached hydrogens (tertiary/aromatic N) is 2. The van der Waals surface area contributed by atoms with Crippen LogP contribution < -0.4 is 4.74 Å². The fourth-order valence-corrected chi connectivity index (χ4v) is 2.61. The third-order valence-electron chi connectivity index (χ3n) is 3.79. The maximum absolute atomic E-state index is 13.9.